The highest BCUT2D eigenvalue weighted by atomic mass is 14.9. The molecule has 0 unspecified atom stereocenters. The topological polar surface area (TPSA) is 28.7 Å². The van der Waals surface area contributed by atoms with E-state index in [1.807, 2.05) is 0 Å². The highest BCUT2D eigenvalue weighted by Gasteiger charge is 2.04. The van der Waals surface area contributed by atoms with Gasteiger partial charge in [0.05, 0.1) is 11.0 Å². The molecule has 0 fully saturated rings. The van der Waals surface area contributed by atoms with E-state index in [4.69, 9.17) is 0 Å². The molecule has 0 radical (unpaired) electrons. The van der Waals surface area contributed by atoms with Gasteiger partial charge in [-0.3, -0.25) is 0 Å². The molecule has 1 aromatic heterocycles. The molecule has 2 heteroatoms. The van der Waals surface area contributed by atoms with E-state index in [0.29, 0.717) is 0 Å². The van der Waals surface area contributed by atoms with Crippen molar-refractivity contribution in [2.75, 3.05) is 0 Å². The van der Waals surface area contributed by atoms with Gasteiger partial charge < -0.3 is 4.98 Å². The Balaban J connectivity index is 2.22. The van der Waals surface area contributed by atoms with Crippen molar-refractivity contribution in [1.82, 2.24) is 9.97 Å². The molecular weight excluding hydrogens is 196 g/mol. The molecule has 1 aromatic carbocycles. The molecule has 1 heterocycles. The van der Waals surface area contributed by atoms with E-state index in [1.165, 1.54) is 17.5 Å². The van der Waals surface area contributed by atoms with Crippen molar-refractivity contribution in [3.05, 3.63) is 29.6 Å². The van der Waals surface area contributed by atoms with Crippen molar-refractivity contribution in [2.45, 2.75) is 40.0 Å². The molecule has 16 heavy (non-hydrogen) atoms. The normalized spacial score (nSPS) is 11.5. The molecule has 0 saturated heterocycles. The minimum atomic E-state index is 0.736. The summed E-state index contributed by atoms with van der Waals surface area (Å²) >= 11 is 0. The van der Waals surface area contributed by atoms with Gasteiger partial charge in [-0.2, -0.15) is 0 Å². The van der Waals surface area contributed by atoms with Crippen molar-refractivity contribution < 1.29 is 0 Å². The maximum atomic E-state index is 4.60. The van der Waals surface area contributed by atoms with Crippen LogP contribution in [0.5, 0.6) is 0 Å². The minimum Gasteiger partial charge on any atom is -0.342 e. The number of fused-ring (bicyclic) bond motifs is 1. The number of hydrogen-bond donors (Lipinski definition) is 1. The molecule has 0 amide bonds. The second-order valence-corrected chi connectivity index (χ2v) is 4.82. The highest BCUT2D eigenvalue weighted by Crippen LogP contribution is 2.16. The number of benzene rings is 1. The Hall–Kier alpha value is -1.31. The lowest BCUT2D eigenvalue weighted by Crippen LogP contribution is -1.93. The van der Waals surface area contributed by atoms with E-state index >= 15 is 0 Å². The Morgan fingerprint density at radius 3 is 2.81 bits per heavy atom. The van der Waals surface area contributed by atoms with Gasteiger partial charge in [-0.25, -0.2) is 4.98 Å². The fourth-order valence-corrected chi connectivity index (χ4v) is 1.87. The Kier molecular flexibility index (Phi) is 3.28. The third-order valence-corrected chi connectivity index (χ3v) is 2.96. The predicted molar refractivity (Wildman–Crippen MR) is 68.6 cm³/mol. The van der Waals surface area contributed by atoms with E-state index in [1.54, 1.807) is 0 Å². The van der Waals surface area contributed by atoms with Gasteiger partial charge in [-0.15, -0.1) is 0 Å². The Morgan fingerprint density at radius 2 is 2.12 bits per heavy atom. The second kappa shape index (κ2) is 4.69. The molecule has 0 bridgehead atoms. The van der Waals surface area contributed by atoms with Crippen molar-refractivity contribution in [1.29, 1.82) is 0 Å². The Morgan fingerprint density at radius 1 is 1.31 bits per heavy atom. The van der Waals surface area contributed by atoms with Crippen LogP contribution < -0.4 is 0 Å². The monoisotopic (exact) mass is 216 g/mol. The van der Waals surface area contributed by atoms with Crippen LogP contribution in [0.25, 0.3) is 11.0 Å². The van der Waals surface area contributed by atoms with Gasteiger partial charge >= 0.3 is 0 Å². The van der Waals surface area contributed by atoms with Gasteiger partial charge in [0, 0.05) is 6.42 Å². The molecule has 0 atom stereocenters. The second-order valence-electron chi connectivity index (χ2n) is 4.82. The molecular formula is C14H20N2. The van der Waals surface area contributed by atoms with Crippen LogP contribution in [-0.4, -0.2) is 9.97 Å². The van der Waals surface area contributed by atoms with E-state index < -0.39 is 0 Å². The Bertz CT molecular complexity index is 469. The molecule has 0 aliphatic carbocycles. The van der Waals surface area contributed by atoms with Crippen molar-refractivity contribution in [3.63, 3.8) is 0 Å². The third kappa shape index (κ3) is 2.43. The molecule has 2 aromatic rings. The average Bonchev–Trinajstić information content (AvgIpc) is 2.67. The number of nitrogens with one attached hydrogen (secondary N) is 1. The smallest absolute Gasteiger partial charge is 0.107 e. The van der Waals surface area contributed by atoms with Crippen LogP contribution in [-0.2, 0) is 12.8 Å². The first kappa shape index (κ1) is 11.2. The van der Waals surface area contributed by atoms with Crippen LogP contribution in [0.3, 0.4) is 0 Å². The Labute approximate surface area is 97.1 Å². The van der Waals surface area contributed by atoms with Crippen molar-refractivity contribution >= 4 is 11.0 Å². The largest absolute Gasteiger partial charge is 0.342 e. The van der Waals surface area contributed by atoms with E-state index in [0.717, 1.165) is 30.1 Å². The molecule has 86 valence electrons. The van der Waals surface area contributed by atoms with Gasteiger partial charge in [0.1, 0.15) is 5.82 Å². The molecule has 0 saturated carbocycles. The number of aromatic amines is 1. The zero-order valence-electron chi connectivity index (χ0n) is 10.4. The molecule has 0 aliphatic heterocycles. The third-order valence-electron chi connectivity index (χ3n) is 2.96. The van der Waals surface area contributed by atoms with Gasteiger partial charge in [0.2, 0.25) is 0 Å². The fraction of sp³-hybridized carbons (Fsp3) is 0.500. The number of aromatic nitrogens is 2. The summed E-state index contributed by atoms with van der Waals surface area (Å²) in [6.07, 6.45) is 3.32. The van der Waals surface area contributed by atoms with Gasteiger partial charge in [-0.1, -0.05) is 26.8 Å². The number of hydrogen-bond acceptors (Lipinski definition) is 1. The van der Waals surface area contributed by atoms with Crippen LogP contribution in [0.2, 0.25) is 0 Å². The van der Waals surface area contributed by atoms with Gasteiger partial charge in [0.25, 0.3) is 0 Å². The SMILES string of the molecule is CCc1ccc2nc(CCC(C)C)[nH]c2c1. The summed E-state index contributed by atoms with van der Waals surface area (Å²) < 4.78 is 0. The number of nitrogens with zero attached hydrogens (tertiary/aromatic N) is 1. The molecule has 2 nitrogen and oxygen atoms in total. The van der Waals surface area contributed by atoms with E-state index in [9.17, 15) is 0 Å². The quantitative estimate of drug-likeness (QED) is 0.829. The summed E-state index contributed by atoms with van der Waals surface area (Å²) in [6, 6.07) is 6.49. The first-order valence-electron chi connectivity index (χ1n) is 6.16. The first-order chi connectivity index (χ1) is 7.69. The van der Waals surface area contributed by atoms with Crippen LogP contribution >= 0.6 is 0 Å². The number of imidazole rings is 1. The number of rotatable bonds is 4. The maximum absolute atomic E-state index is 4.60. The fourth-order valence-electron chi connectivity index (χ4n) is 1.87. The zero-order valence-corrected chi connectivity index (χ0v) is 10.4. The van der Waals surface area contributed by atoms with Gasteiger partial charge in [-0.05, 0) is 36.5 Å². The zero-order chi connectivity index (χ0) is 11.5. The van der Waals surface area contributed by atoms with Crippen LogP contribution in [0, 0.1) is 5.92 Å². The molecule has 1 N–H and O–H groups in total. The van der Waals surface area contributed by atoms with Crippen LogP contribution in [0.15, 0.2) is 18.2 Å². The minimum absolute atomic E-state index is 0.736. The van der Waals surface area contributed by atoms with Crippen LogP contribution in [0.4, 0.5) is 0 Å². The lowest BCUT2D eigenvalue weighted by Gasteiger charge is -2.00. The summed E-state index contributed by atoms with van der Waals surface area (Å²) in [5.74, 6) is 1.86. The van der Waals surface area contributed by atoms with Crippen molar-refractivity contribution in [3.8, 4) is 0 Å². The average molecular weight is 216 g/mol. The molecule has 0 spiro atoms. The first-order valence-corrected chi connectivity index (χ1v) is 6.16. The summed E-state index contributed by atoms with van der Waals surface area (Å²) in [4.78, 5) is 8.02. The molecule has 0 aliphatic rings. The summed E-state index contributed by atoms with van der Waals surface area (Å²) in [6.45, 7) is 6.67. The van der Waals surface area contributed by atoms with Gasteiger partial charge in [0.15, 0.2) is 0 Å². The lowest BCUT2D eigenvalue weighted by atomic mass is 10.1. The maximum Gasteiger partial charge on any atom is 0.107 e. The number of aryl methyl sites for hydroxylation is 2. The van der Waals surface area contributed by atoms with Crippen molar-refractivity contribution in [2.24, 2.45) is 5.92 Å². The van der Waals surface area contributed by atoms with E-state index in [2.05, 4.69) is 48.9 Å². The lowest BCUT2D eigenvalue weighted by molar-refractivity contribution is 0.577. The molecule has 2 rings (SSSR count). The van der Waals surface area contributed by atoms with E-state index in [-0.39, 0.29) is 0 Å². The summed E-state index contributed by atoms with van der Waals surface area (Å²) in [5, 5.41) is 0. The predicted octanol–water partition coefficient (Wildman–Crippen LogP) is 3.71. The van der Waals surface area contributed by atoms with Crippen LogP contribution in [0.1, 0.15) is 38.6 Å². The summed E-state index contributed by atoms with van der Waals surface area (Å²) in [5.41, 5.74) is 3.64. The summed E-state index contributed by atoms with van der Waals surface area (Å²) in [7, 11) is 0. The number of H-pyrrole nitrogens is 1. The highest BCUT2D eigenvalue weighted by molar-refractivity contribution is 5.75. The standard InChI is InChI=1S/C14H20N2/c1-4-11-6-7-12-13(9-11)16-14(15-12)8-5-10(2)3/h6-7,9-10H,4-5,8H2,1-3H3,(H,15,16).